The summed E-state index contributed by atoms with van der Waals surface area (Å²) in [4.78, 5) is 24.5. The van der Waals surface area contributed by atoms with E-state index in [9.17, 15) is 9.59 Å². The van der Waals surface area contributed by atoms with Crippen LogP contribution in [0.15, 0.2) is 0 Å². The average Bonchev–Trinajstić information content (AvgIpc) is 2.57. The van der Waals surface area contributed by atoms with Crippen LogP contribution in [0.2, 0.25) is 0 Å². The zero-order chi connectivity index (χ0) is 13.3. The lowest BCUT2D eigenvalue weighted by molar-refractivity contribution is -0.137. The number of nitrogens with one attached hydrogen (secondary N) is 1. The van der Waals surface area contributed by atoms with E-state index < -0.39 is 0 Å². The van der Waals surface area contributed by atoms with Crippen molar-refractivity contribution < 1.29 is 14.3 Å². The Bertz CT molecular complexity index is 358. The van der Waals surface area contributed by atoms with Crippen LogP contribution in [-0.4, -0.2) is 48.1 Å². The van der Waals surface area contributed by atoms with E-state index in [4.69, 9.17) is 4.74 Å². The van der Waals surface area contributed by atoms with Crippen LogP contribution in [0.3, 0.4) is 0 Å². The zero-order valence-corrected chi connectivity index (χ0v) is 11.4. The number of hydrogen-bond acceptors (Lipinski definition) is 4. The molecule has 5 heteroatoms. The summed E-state index contributed by atoms with van der Waals surface area (Å²) in [6.07, 6.45) is 3.04. The van der Waals surface area contributed by atoms with Crippen LogP contribution in [0.25, 0.3) is 0 Å². The summed E-state index contributed by atoms with van der Waals surface area (Å²) in [7, 11) is 1.55. The summed E-state index contributed by atoms with van der Waals surface area (Å²) in [5, 5.41) is 3.33. The van der Waals surface area contributed by atoms with E-state index in [1.165, 1.54) is 4.90 Å². The van der Waals surface area contributed by atoms with E-state index in [1.54, 1.807) is 7.05 Å². The predicted octanol–water partition coefficient (Wildman–Crippen LogP) is 0.681. The first-order valence-electron chi connectivity index (χ1n) is 6.65. The van der Waals surface area contributed by atoms with Gasteiger partial charge in [-0.25, -0.2) is 0 Å². The summed E-state index contributed by atoms with van der Waals surface area (Å²) in [6, 6.07) is -0.0799. The maximum Gasteiger partial charge on any atom is 0.246 e. The van der Waals surface area contributed by atoms with Crippen molar-refractivity contribution in [2.45, 2.75) is 57.2 Å². The van der Waals surface area contributed by atoms with Crippen LogP contribution in [0.4, 0.5) is 0 Å². The molecule has 0 aromatic carbocycles. The number of carbonyl (C=O) groups excluding carboxylic acids is 2. The molecule has 0 aromatic rings. The number of carbonyl (C=O) groups is 2. The van der Waals surface area contributed by atoms with Gasteiger partial charge in [-0.05, 0) is 26.2 Å². The maximum absolute atomic E-state index is 11.8. The quantitative estimate of drug-likeness (QED) is 0.753. The van der Waals surface area contributed by atoms with Crippen molar-refractivity contribution in [2.24, 2.45) is 0 Å². The SMILES string of the molecule is CCC1(C)CC(NC2CC(=O)N(C)C2=O)CCO1. The summed E-state index contributed by atoms with van der Waals surface area (Å²) in [5.74, 6) is -0.201. The third kappa shape index (κ3) is 2.57. The van der Waals surface area contributed by atoms with E-state index in [2.05, 4.69) is 19.2 Å². The van der Waals surface area contributed by atoms with E-state index in [0.717, 1.165) is 19.3 Å². The fraction of sp³-hybridized carbons (Fsp3) is 0.846. The summed E-state index contributed by atoms with van der Waals surface area (Å²) in [6.45, 7) is 4.93. The summed E-state index contributed by atoms with van der Waals surface area (Å²) in [5.41, 5.74) is -0.104. The second-order valence-electron chi connectivity index (χ2n) is 5.56. The van der Waals surface area contributed by atoms with Crippen LogP contribution in [-0.2, 0) is 14.3 Å². The smallest absolute Gasteiger partial charge is 0.246 e. The van der Waals surface area contributed by atoms with Gasteiger partial charge in [0.25, 0.3) is 0 Å². The molecule has 0 saturated carbocycles. The van der Waals surface area contributed by atoms with Gasteiger partial charge in [0.05, 0.1) is 18.1 Å². The van der Waals surface area contributed by atoms with Gasteiger partial charge in [-0.3, -0.25) is 14.5 Å². The standard InChI is InChI=1S/C13H22N2O3/c1-4-13(2)8-9(5-6-18-13)14-10-7-11(16)15(3)12(10)17/h9-10,14H,4-8H2,1-3H3. The Morgan fingerprint density at radius 3 is 2.78 bits per heavy atom. The molecule has 3 unspecified atom stereocenters. The van der Waals surface area contributed by atoms with Crippen molar-refractivity contribution in [3.05, 3.63) is 0 Å². The van der Waals surface area contributed by atoms with E-state index in [0.29, 0.717) is 6.61 Å². The van der Waals surface area contributed by atoms with E-state index in [-0.39, 0.29) is 35.9 Å². The molecule has 3 atom stereocenters. The van der Waals surface area contributed by atoms with E-state index >= 15 is 0 Å². The Balaban J connectivity index is 1.94. The Labute approximate surface area is 108 Å². The van der Waals surface area contributed by atoms with Gasteiger partial charge in [0.2, 0.25) is 11.8 Å². The minimum absolute atomic E-state index is 0.0946. The number of nitrogens with zero attached hydrogens (tertiary/aromatic N) is 1. The van der Waals surface area contributed by atoms with Crippen molar-refractivity contribution in [1.29, 1.82) is 0 Å². The molecule has 2 saturated heterocycles. The Morgan fingerprint density at radius 1 is 1.50 bits per heavy atom. The molecule has 2 aliphatic heterocycles. The number of ether oxygens (including phenoxy) is 1. The Hall–Kier alpha value is -0.940. The normalized spacial score (nSPS) is 37.4. The molecule has 0 aromatic heterocycles. The van der Waals surface area contributed by atoms with Gasteiger partial charge in [0, 0.05) is 19.7 Å². The third-order valence-electron chi connectivity index (χ3n) is 4.16. The largest absolute Gasteiger partial charge is 0.375 e. The summed E-state index contributed by atoms with van der Waals surface area (Å²) >= 11 is 0. The molecular formula is C13H22N2O3. The minimum atomic E-state index is -0.341. The lowest BCUT2D eigenvalue weighted by atomic mass is 9.89. The fourth-order valence-corrected chi connectivity index (χ4v) is 2.69. The van der Waals surface area contributed by atoms with Crippen LogP contribution in [0, 0.1) is 0 Å². The first kappa shape index (κ1) is 13.5. The highest BCUT2D eigenvalue weighted by atomic mass is 16.5. The van der Waals surface area contributed by atoms with Gasteiger partial charge in [-0.15, -0.1) is 0 Å². The second kappa shape index (κ2) is 4.97. The molecule has 2 aliphatic rings. The van der Waals surface area contributed by atoms with Crippen LogP contribution < -0.4 is 5.32 Å². The lowest BCUT2D eigenvalue weighted by Crippen LogP contribution is -2.50. The molecule has 2 amide bonds. The zero-order valence-electron chi connectivity index (χ0n) is 11.4. The average molecular weight is 254 g/mol. The molecule has 102 valence electrons. The van der Waals surface area contributed by atoms with Gasteiger partial charge in [-0.2, -0.15) is 0 Å². The van der Waals surface area contributed by atoms with Gasteiger partial charge in [0.1, 0.15) is 0 Å². The molecule has 2 fully saturated rings. The van der Waals surface area contributed by atoms with Crippen LogP contribution in [0.1, 0.15) is 39.5 Å². The lowest BCUT2D eigenvalue weighted by Gasteiger charge is -2.38. The molecule has 0 bridgehead atoms. The van der Waals surface area contributed by atoms with Crippen LogP contribution in [0.5, 0.6) is 0 Å². The van der Waals surface area contributed by atoms with Gasteiger partial charge in [-0.1, -0.05) is 6.92 Å². The number of amides is 2. The van der Waals surface area contributed by atoms with Crippen molar-refractivity contribution in [3.63, 3.8) is 0 Å². The highest BCUT2D eigenvalue weighted by Gasteiger charge is 2.39. The molecule has 0 radical (unpaired) electrons. The molecule has 2 heterocycles. The summed E-state index contributed by atoms with van der Waals surface area (Å²) < 4.78 is 5.78. The maximum atomic E-state index is 11.8. The molecule has 5 nitrogen and oxygen atoms in total. The van der Waals surface area contributed by atoms with Gasteiger partial charge < -0.3 is 10.1 Å². The third-order valence-corrected chi connectivity index (χ3v) is 4.16. The molecular weight excluding hydrogens is 232 g/mol. The first-order valence-corrected chi connectivity index (χ1v) is 6.65. The Morgan fingerprint density at radius 2 is 2.22 bits per heavy atom. The number of hydrogen-bond donors (Lipinski definition) is 1. The van der Waals surface area contributed by atoms with Gasteiger partial charge >= 0.3 is 0 Å². The van der Waals surface area contributed by atoms with Crippen molar-refractivity contribution >= 4 is 11.8 Å². The molecule has 0 spiro atoms. The second-order valence-corrected chi connectivity index (χ2v) is 5.56. The molecule has 18 heavy (non-hydrogen) atoms. The van der Waals surface area contributed by atoms with Crippen molar-refractivity contribution in [2.75, 3.05) is 13.7 Å². The molecule has 1 N–H and O–H groups in total. The molecule has 2 rings (SSSR count). The predicted molar refractivity (Wildman–Crippen MR) is 67.0 cm³/mol. The number of likely N-dealkylation sites (tertiary alicyclic amines) is 1. The van der Waals surface area contributed by atoms with Gasteiger partial charge in [0.15, 0.2) is 0 Å². The number of rotatable bonds is 3. The first-order chi connectivity index (χ1) is 8.45. The molecule has 0 aliphatic carbocycles. The number of imide groups is 1. The Kier molecular flexibility index (Phi) is 3.73. The van der Waals surface area contributed by atoms with Crippen molar-refractivity contribution in [3.8, 4) is 0 Å². The fourth-order valence-electron chi connectivity index (χ4n) is 2.69. The number of likely N-dealkylation sites (N-methyl/N-ethyl adjacent to an activating group) is 1. The van der Waals surface area contributed by atoms with Crippen molar-refractivity contribution in [1.82, 2.24) is 10.2 Å². The topological polar surface area (TPSA) is 58.6 Å². The highest BCUT2D eigenvalue weighted by Crippen LogP contribution is 2.28. The monoisotopic (exact) mass is 254 g/mol. The van der Waals surface area contributed by atoms with E-state index in [1.807, 2.05) is 0 Å². The van der Waals surface area contributed by atoms with Crippen LogP contribution >= 0.6 is 0 Å². The highest BCUT2D eigenvalue weighted by molar-refractivity contribution is 6.05. The minimum Gasteiger partial charge on any atom is -0.375 e.